The smallest absolute Gasteiger partial charge is 0.238 e. The van der Waals surface area contributed by atoms with Gasteiger partial charge < -0.3 is 0 Å². The summed E-state index contributed by atoms with van der Waals surface area (Å²) in [5.74, 6) is 4.89. The highest BCUT2D eigenvalue weighted by Crippen LogP contribution is 2.14. The van der Waals surface area contributed by atoms with E-state index >= 15 is 0 Å². The number of hydrazine groups is 1. The third-order valence-corrected chi connectivity index (χ3v) is 3.72. The lowest BCUT2D eigenvalue weighted by molar-refractivity contribution is -0.126. The van der Waals surface area contributed by atoms with Gasteiger partial charge in [0, 0.05) is 12.6 Å². The first-order valence-corrected chi connectivity index (χ1v) is 6.22. The van der Waals surface area contributed by atoms with Gasteiger partial charge in [-0.1, -0.05) is 6.92 Å². The van der Waals surface area contributed by atoms with E-state index in [-0.39, 0.29) is 17.9 Å². The molecule has 3 N–H and O–H groups in total. The number of hydrogen-bond acceptors (Lipinski definition) is 4. The molecule has 1 heterocycles. The first-order chi connectivity index (χ1) is 7.56. The highest BCUT2D eigenvalue weighted by Gasteiger charge is 2.22. The summed E-state index contributed by atoms with van der Waals surface area (Å²) >= 11 is 1.69. The lowest BCUT2D eigenvalue weighted by atomic mass is 10.0. The van der Waals surface area contributed by atoms with E-state index in [4.69, 9.17) is 5.84 Å². The molecule has 0 aliphatic heterocycles. The molecule has 1 amide bonds. The fourth-order valence-corrected chi connectivity index (χ4v) is 2.21. The van der Waals surface area contributed by atoms with Crippen LogP contribution in [-0.2, 0) is 11.3 Å². The van der Waals surface area contributed by atoms with Crippen LogP contribution in [0.1, 0.15) is 19.4 Å². The molecule has 0 radical (unpaired) electrons. The van der Waals surface area contributed by atoms with E-state index in [9.17, 15) is 4.79 Å². The molecule has 0 bridgehead atoms. The summed E-state index contributed by atoms with van der Waals surface area (Å²) in [5.41, 5.74) is 3.47. The Hall–Kier alpha value is -0.910. The van der Waals surface area contributed by atoms with Crippen molar-refractivity contribution in [2.24, 2.45) is 11.8 Å². The molecular weight excluding hydrogens is 222 g/mol. The van der Waals surface area contributed by atoms with Crippen molar-refractivity contribution < 1.29 is 4.79 Å². The second-order valence-electron chi connectivity index (χ2n) is 4.08. The summed E-state index contributed by atoms with van der Waals surface area (Å²) in [5, 5.41) is 4.18. The van der Waals surface area contributed by atoms with Crippen molar-refractivity contribution in [3.63, 3.8) is 0 Å². The maximum absolute atomic E-state index is 11.4. The second kappa shape index (κ2) is 5.98. The summed E-state index contributed by atoms with van der Waals surface area (Å²) < 4.78 is 0. The zero-order chi connectivity index (χ0) is 12.1. The highest BCUT2D eigenvalue weighted by atomic mass is 32.1. The number of thiophene rings is 1. The van der Waals surface area contributed by atoms with Crippen LogP contribution in [0.5, 0.6) is 0 Å². The average Bonchev–Trinajstić information content (AvgIpc) is 2.78. The molecule has 90 valence electrons. The Kier molecular flexibility index (Phi) is 4.92. The molecule has 0 aliphatic rings. The largest absolute Gasteiger partial charge is 0.299 e. The van der Waals surface area contributed by atoms with Crippen molar-refractivity contribution >= 4 is 17.2 Å². The molecule has 5 heteroatoms. The van der Waals surface area contributed by atoms with Gasteiger partial charge in [-0.05, 0) is 36.4 Å². The second-order valence-corrected chi connectivity index (χ2v) is 4.86. The molecule has 0 spiro atoms. The zero-order valence-corrected chi connectivity index (χ0v) is 10.8. The number of nitrogens with two attached hydrogens (primary N) is 1. The maximum atomic E-state index is 11.4. The van der Waals surface area contributed by atoms with Gasteiger partial charge in [0.1, 0.15) is 0 Å². The minimum Gasteiger partial charge on any atom is -0.299 e. The van der Waals surface area contributed by atoms with Crippen molar-refractivity contribution in [2.45, 2.75) is 26.4 Å². The standard InChI is InChI=1S/C11H19N3OS/c1-8(11(15)13-12)9(2)14(3)6-10-4-5-16-7-10/h4-5,7-9H,6,12H2,1-3H3,(H,13,15). The molecule has 0 aliphatic carbocycles. The molecule has 0 aromatic carbocycles. The van der Waals surface area contributed by atoms with Crippen LogP contribution in [0.4, 0.5) is 0 Å². The van der Waals surface area contributed by atoms with E-state index in [1.807, 2.05) is 20.9 Å². The topological polar surface area (TPSA) is 58.4 Å². The molecule has 0 saturated carbocycles. The number of rotatable bonds is 5. The predicted molar refractivity (Wildman–Crippen MR) is 66.7 cm³/mol. The number of nitrogens with zero attached hydrogens (tertiary/aromatic N) is 1. The summed E-state index contributed by atoms with van der Waals surface area (Å²) in [4.78, 5) is 13.6. The van der Waals surface area contributed by atoms with Crippen LogP contribution in [0.2, 0.25) is 0 Å². The van der Waals surface area contributed by atoms with Crippen molar-refractivity contribution in [1.82, 2.24) is 10.3 Å². The number of carbonyl (C=O) groups excluding carboxylic acids is 1. The van der Waals surface area contributed by atoms with Gasteiger partial charge in [-0.3, -0.25) is 15.1 Å². The van der Waals surface area contributed by atoms with Gasteiger partial charge in [0.15, 0.2) is 0 Å². The van der Waals surface area contributed by atoms with Crippen molar-refractivity contribution in [3.05, 3.63) is 22.4 Å². The van der Waals surface area contributed by atoms with Crippen LogP contribution >= 0.6 is 11.3 Å². The van der Waals surface area contributed by atoms with E-state index in [0.717, 1.165) is 6.54 Å². The van der Waals surface area contributed by atoms with Crippen LogP contribution in [-0.4, -0.2) is 23.9 Å². The lowest BCUT2D eigenvalue weighted by Gasteiger charge is -2.28. The van der Waals surface area contributed by atoms with Crippen LogP contribution in [0.25, 0.3) is 0 Å². The van der Waals surface area contributed by atoms with Gasteiger partial charge in [-0.2, -0.15) is 11.3 Å². The fourth-order valence-electron chi connectivity index (χ4n) is 1.55. The summed E-state index contributed by atoms with van der Waals surface area (Å²) in [6.07, 6.45) is 0. The van der Waals surface area contributed by atoms with Crippen molar-refractivity contribution in [2.75, 3.05) is 7.05 Å². The Morgan fingerprint density at radius 2 is 2.31 bits per heavy atom. The zero-order valence-electron chi connectivity index (χ0n) is 9.93. The third-order valence-electron chi connectivity index (χ3n) is 2.99. The van der Waals surface area contributed by atoms with Gasteiger partial charge in [0.25, 0.3) is 0 Å². The Morgan fingerprint density at radius 3 is 2.81 bits per heavy atom. The van der Waals surface area contributed by atoms with Gasteiger partial charge in [0.05, 0.1) is 5.92 Å². The lowest BCUT2D eigenvalue weighted by Crippen LogP contribution is -2.44. The van der Waals surface area contributed by atoms with Gasteiger partial charge in [-0.25, -0.2) is 5.84 Å². The van der Waals surface area contributed by atoms with E-state index in [1.54, 1.807) is 11.3 Å². The van der Waals surface area contributed by atoms with Gasteiger partial charge in [-0.15, -0.1) is 0 Å². The third kappa shape index (κ3) is 3.30. The molecule has 0 fully saturated rings. The molecule has 1 aromatic rings. The Balaban J connectivity index is 2.53. The normalized spacial score (nSPS) is 14.8. The number of carbonyl (C=O) groups is 1. The van der Waals surface area contributed by atoms with Gasteiger partial charge in [0.2, 0.25) is 5.91 Å². The molecule has 2 unspecified atom stereocenters. The first kappa shape index (κ1) is 13.2. The summed E-state index contributed by atoms with van der Waals surface area (Å²) in [7, 11) is 2.02. The minimum absolute atomic E-state index is 0.117. The molecule has 1 rings (SSSR count). The molecule has 16 heavy (non-hydrogen) atoms. The van der Waals surface area contributed by atoms with Crippen LogP contribution in [0.3, 0.4) is 0 Å². The quantitative estimate of drug-likeness (QED) is 0.462. The Morgan fingerprint density at radius 1 is 1.62 bits per heavy atom. The van der Waals surface area contributed by atoms with E-state index < -0.39 is 0 Å². The molecule has 4 nitrogen and oxygen atoms in total. The minimum atomic E-state index is -0.121. The van der Waals surface area contributed by atoms with E-state index in [0.29, 0.717) is 0 Å². The molecule has 1 aromatic heterocycles. The van der Waals surface area contributed by atoms with Crippen molar-refractivity contribution in [1.29, 1.82) is 0 Å². The van der Waals surface area contributed by atoms with Crippen molar-refractivity contribution in [3.8, 4) is 0 Å². The number of hydrogen-bond donors (Lipinski definition) is 2. The number of nitrogens with one attached hydrogen (secondary N) is 1. The van der Waals surface area contributed by atoms with Gasteiger partial charge >= 0.3 is 0 Å². The van der Waals surface area contributed by atoms with E-state index in [1.165, 1.54) is 5.56 Å². The SMILES string of the molecule is CC(C(=O)NN)C(C)N(C)Cc1ccsc1. The first-order valence-electron chi connectivity index (χ1n) is 5.28. The van der Waals surface area contributed by atoms with E-state index in [2.05, 4.69) is 27.2 Å². The predicted octanol–water partition coefficient (Wildman–Crippen LogP) is 1.19. The molecule has 0 saturated heterocycles. The maximum Gasteiger partial charge on any atom is 0.238 e. The average molecular weight is 241 g/mol. The molecular formula is C11H19N3OS. The Bertz CT molecular complexity index is 326. The summed E-state index contributed by atoms with van der Waals surface area (Å²) in [6, 6.07) is 2.25. The van der Waals surface area contributed by atoms with Crippen LogP contribution < -0.4 is 11.3 Å². The Labute approximate surface area is 100 Å². The highest BCUT2D eigenvalue weighted by molar-refractivity contribution is 7.07. The summed E-state index contributed by atoms with van der Waals surface area (Å²) in [6.45, 7) is 4.77. The number of amides is 1. The molecule has 2 atom stereocenters. The monoisotopic (exact) mass is 241 g/mol. The van der Waals surface area contributed by atoms with Crippen LogP contribution in [0, 0.1) is 5.92 Å². The van der Waals surface area contributed by atoms with Crippen LogP contribution in [0.15, 0.2) is 16.8 Å². The fraction of sp³-hybridized carbons (Fsp3) is 0.545.